The number of aliphatic hydroxyl groups is 2. The summed E-state index contributed by atoms with van der Waals surface area (Å²) in [4.78, 5) is 111. The molecule has 4 aliphatic carbocycles. The number of thioether (sulfide) groups is 1. The van der Waals surface area contributed by atoms with Gasteiger partial charge in [0.2, 0.25) is 16.9 Å². The number of nitrogens with two attached hydrogens (primary N) is 1. The van der Waals surface area contributed by atoms with Crippen molar-refractivity contribution in [3.63, 3.8) is 0 Å². The third kappa shape index (κ3) is 12.4. The zero-order valence-corrected chi connectivity index (χ0v) is 43.8. The van der Waals surface area contributed by atoms with Crippen molar-refractivity contribution in [1.29, 1.82) is 0 Å². The number of hydrogen-bond donors (Lipinski definition) is 5. The molecule has 12 atom stereocenters. The number of anilines is 1. The van der Waals surface area contributed by atoms with Crippen LogP contribution < -0.4 is 35.9 Å². The number of aromatic nitrogens is 4. The lowest BCUT2D eigenvalue weighted by Crippen LogP contribution is -2.49. The summed E-state index contributed by atoms with van der Waals surface area (Å²) >= 11 is 1.13. The number of carbonyl (C=O) groups is 4. The number of allylic oxidation sites excluding steroid dienone is 2. The maximum Gasteiger partial charge on any atom is 0.274 e. The van der Waals surface area contributed by atoms with Crippen LogP contribution in [0, 0.1) is 34.0 Å². The second-order valence-corrected chi connectivity index (χ2v) is 25.3. The predicted octanol–water partition coefficient (Wildman–Crippen LogP) is 0.985. The average molecular weight is 1090 g/mol. The molecule has 0 radical (unpaired) electrons. The van der Waals surface area contributed by atoms with Crippen LogP contribution in [-0.4, -0.2) is 109 Å². The van der Waals surface area contributed by atoms with Gasteiger partial charge in [-0.3, -0.25) is 32.9 Å². The molecule has 72 heavy (non-hydrogen) atoms. The largest absolute Gasteiger partial charge is 0.790 e. The number of fused-ring (bicyclic) bond motifs is 6. The Kier molecular flexibility index (Phi) is 17.0. The molecule has 3 saturated carbocycles. The first-order valence-corrected chi connectivity index (χ1v) is 28.9. The van der Waals surface area contributed by atoms with Crippen LogP contribution in [-0.2, 0) is 55.5 Å². The molecule has 5 aliphatic rings. The van der Waals surface area contributed by atoms with Gasteiger partial charge in [0.15, 0.2) is 23.5 Å². The standard InChI is InChI=1S/C43H64N7O18P3S/c1-23(27-8-9-28-26-7-6-24-18-25(51)10-13-42(24,4)29(26)11-14-43(27,28)5)40(56)72-17-16-45-31(52)12-15-46-38(55)35(54)41(2,3)20-65-71(62,63)68-70(60,61)64-19-30-34(67-69(57,58)59)33(53)39(66-30)50-22-49-32-36(44)47-21-48-37(32)50/h18,21-22,26,28-30,33-35,39,53-54H,6-17,19-20H2,1-5H3,(H,45,52)(H,46,55)(H,60,61)(H,62,63)(H2,44,47,48)(H2,57,58,59)/p-4/b27-23-/t26-,28-,29-,30+,33+,34+,35-,39+,42-,43+/m0/s1. The van der Waals surface area contributed by atoms with E-state index in [1.807, 2.05) is 13.0 Å². The number of ketones is 1. The Balaban J connectivity index is 0.815. The molecule has 0 spiro atoms. The van der Waals surface area contributed by atoms with E-state index in [1.54, 1.807) is 0 Å². The predicted molar refractivity (Wildman–Crippen MR) is 248 cm³/mol. The number of nitrogens with zero attached hydrogens (tertiary/aromatic N) is 4. The van der Waals surface area contributed by atoms with Gasteiger partial charge in [0.05, 0.1) is 27.4 Å². The molecule has 29 heteroatoms. The van der Waals surface area contributed by atoms with Crippen LogP contribution >= 0.6 is 35.2 Å². The fraction of sp³-hybridized carbons (Fsp3) is 0.698. The summed E-state index contributed by atoms with van der Waals surface area (Å²) in [5, 5.41) is 26.6. The van der Waals surface area contributed by atoms with E-state index >= 15 is 0 Å². The second kappa shape index (κ2) is 21.7. The molecule has 2 aromatic rings. The number of phosphoric ester groups is 3. The van der Waals surface area contributed by atoms with Crippen LogP contribution in [0.5, 0.6) is 0 Å². The average Bonchev–Trinajstić information content (AvgIpc) is 3.98. The quantitative estimate of drug-likeness (QED) is 0.0701. The molecule has 400 valence electrons. The number of hydrogen-bond acceptors (Lipinski definition) is 23. The molecule has 2 amide bonds. The summed E-state index contributed by atoms with van der Waals surface area (Å²) < 4.78 is 61.1. The summed E-state index contributed by atoms with van der Waals surface area (Å²) in [5.74, 6) is 0.606. The van der Waals surface area contributed by atoms with E-state index in [-0.39, 0.29) is 58.2 Å². The zero-order chi connectivity index (χ0) is 52.8. The van der Waals surface area contributed by atoms with Crippen molar-refractivity contribution in [2.24, 2.45) is 34.0 Å². The molecule has 0 bridgehead atoms. The SMILES string of the molecule is C/C(C(=O)SCCNC(=O)CCNC(=O)[C@H](O)C(C)(C)COP(=O)([O-])OP(=O)([O-])OC[C@H]1O[C@@H](n2cnc3c(N)ncnc32)[C@H](O)[C@@H]1OP(=O)([O-])[O-])=C1\CC[C@H]2[C@@H]3CCC4=CC(=O)CC[C@]4(C)[C@H]3CC[C@]12C. The monoisotopic (exact) mass is 1090 g/mol. The van der Waals surface area contributed by atoms with Crippen LogP contribution in [0.15, 0.2) is 35.4 Å². The summed E-state index contributed by atoms with van der Waals surface area (Å²) in [5.41, 5.74) is 7.43. The maximum atomic E-state index is 13.5. The number of imidazole rings is 1. The van der Waals surface area contributed by atoms with Crippen molar-refractivity contribution in [3.8, 4) is 0 Å². The van der Waals surface area contributed by atoms with Crippen LogP contribution in [0.4, 0.5) is 5.82 Å². The first kappa shape index (κ1) is 56.4. The third-order valence-electron chi connectivity index (χ3n) is 15.2. The van der Waals surface area contributed by atoms with Crippen LogP contribution in [0.25, 0.3) is 11.2 Å². The van der Waals surface area contributed by atoms with Gasteiger partial charge in [0.25, 0.3) is 15.6 Å². The van der Waals surface area contributed by atoms with Gasteiger partial charge >= 0.3 is 0 Å². The molecule has 4 fully saturated rings. The minimum Gasteiger partial charge on any atom is -0.790 e. The van der Waals surface area contributed by atoms with Crippen molar-refractivity contribution in [2.75, 3.05) is 37.8 Å². The van der Waals surface area contributed by atoms with Gasteiger partial charge in [-0.2, -0.15) is 0 Å². The Morgan fingerprint density at radius 3 is 2.42 bits per heavy atom. The lowest BCUT2D eigenvalue weighted by atomic mass is 9.47. The molecule has 2 aromatic heterocycles. The summed E-state index contributed by atoms with van der Waals surface area (Å²) in [6.07, 6.45) is 1.85. The molecule has 3 heterocycles. The van der Waals surface area contributed by atoms with Gasteiger partial charge in [0, 0.05) is 42.7 Å². The fourth-order valence-corrected chi connectivity index (χ4v) is 14.9. The van der Waals surface area contributed by atoms with Crippen molar-refractivity contribution in [3.05, 3.63) is 35.4 Å². The molecule has 1 saturated heterocycles. The van der Waals surface area contributed by atoms with Crippen molar-refractivity contribution < 1.29 is 85.3 Å². The summed E-state index contributed by atoms with van der Waals surface area (Å²) in [7, 11) is -17.7. The number of rotatable bonds is 20. The Hall–Kier alpha value is -3.29. The van der Waals surface area contributed by atoms with Crippen LogP contribution in [0.1, 0.15) is 98.6 Å². The number of amides is 2. The van der Waals surface area contributed by atoms with E-state index in [4.69, 9.17) is 10.5 Å². The molecular weight excluding hydrogens is 1030 g/mol. The number of ether oxygens (including phenoxy) is 1. The highest BCUT2D eigenvalue weighted by Gasteiger charge is 2.58. The van der Waals surface area contributed by atoms with Gasteiger partial charge in [-0.15, -0.1) is 0 Å². The fourth-order valence-electron chi connectivity index (χ4n) is 11.5. The van der Waals surface area contributed by atoms with E-state index in [0.29, 0.717) is 29.9 Å². The van der Waals surface area contributed by atoms with Gasteiger partial charge in [-0.25, -0.2) is 19.3 Å². The number of aliphatic hydroxyl groups excluding tert-OH is 2. The molecular formula is C43H60N7O18P3S-4. The molecule has 25 nitrogen and oxygen atoms in total. The Labute approximate surface area is 419 Å². The maximum absolute atomic E-state index is 13.5. The Morgan fingerprint density at radius 2 is 1.69 bits per heavy atom. The molecule has 1 aliphatic heterocycles. The van der Waals surface area contributed by atoms with E-state index in [0.717, 1.165) is 79.5 Å². The molecule has 0 aromatic carbocycles. The van der Waals surface area contributed by atoms with E-state index in [1.165, 1.54) is 25.0 Å². The number of nitrogens with one attached hydrogen (secondary N) is 2. The minimum atomic E-state index is -5.94. The van der Waals surface area contributed by atoms with Gasteiger partial charge in [-0.1, -0.05) is 50.6 Å². The highest BCUT2D eigenvalue weighted by Crippen LogP contribution is 2.67. The smallest absolute Gasteiger partial charge is 0.274 e. The van der Waals surface area contributed by atoms with Crippen molar-refractivity contribution in [2.45, 2.75) is 123 Å². The highest BCUT2D eigenvalue weighted by molar-refractivity contribution is 8.14. The van der Waals surface area contributed by atoms with E-state index in [9.17, 15) is 62.7 Å². The van der Waals surface area contributed by atoms with Crippen molar-refractivity contribution in [1.82, 2.24) is 30.2 Å². The molecule has 6 N–H and O–H groups in total. The molecule has 2 unspecified atom stereocenters. The van der Waals surface area contributed by atoms with Gasteiger partial charge in [0.1, 0.15) is 36.3 Å². The minimum absolute atomic E-state index is 0.0225. The first-order chi connectivity index (χ1) is 33.6. The zero-order valence-electron chi connectivity index (χ0n) is 40.3. The third-order valence-corrected chi connectivity index (χ3v) is 19.2. The number of nitrogen functional groups attached to an aromatic ring is 1. The Bertz CT molecular complexity index is 2650. The van der Waals surface area contributed by atoms with E-state index in [2.05, 4.69) is 57.3 Å². The normalized spacial score (nSPS) is 31.3. The van der Waals surface area contributed by atoms with Gasteiger partial charge < -0.3 is 69.0 Å². The highest BCUT2D eigenvalue weighted by atomic mass is 32.2. The van der Waals surface area contributed by atoms with E-state index < -0.39 is 84.6 Å². The Morgan fingerprint density at radius 1 is 0.986 bits per heavy atom. The lowest BCUT2D eigenvalue weighted by Gasteiger charge is -2.57. The second-order valence-electron chi connectivity index (χ2n) is 20.2. The molecule has 7 rings (SSSR count). The lowest BCUT2D eigenvalue weighted by molar-refractivity contribution is -0.347. The van der Waals surface area contributed by atoms with Gasteiger partial charge in [-0.05, 0) is 86.5 Å². The van der Waals surface area contributed by atoms with Crippen LogP contribution in [0.3, 0.4) is 0 Å². The number of carbonyl (C=O) groups excluding carboxylic acids is 4. The summed E-state index contributed by atoms with van der Waals surface area (Å²) in [6, 6.07) is 0. The number of phosphoric acid groups is 3. The van der Waals surface area contributed by atoms with Crippen molar-refractivity contribution >= 4 is 74.9 Å². The first-order valence-electron chi connectivity index (χ1n) is 23.5. The summed E-state index contributed by atoms with van der Waals surface area (Å²) in [6.45, 7) is 6.66. The topological polar surface area (TPSA) is 392 Å². The van der Waals surface area contributed by atoms with Crippen LogP contribution in [0.2, 0.25) is 0 Å².